The van der Waals surface area contributed by atoms with Gasteiger partial charge in [0.25, 0.3) is 0 Å². The Hall–Kier alpha value is -0.0900. The number of rotatable bonds is 4. The minimum atomic E-state index is -2.48. The Balaban J connectivity index is 2.73. The molecule has 0 radical (unpaired) electrons. The fraction of sp³-hybridized carbons (Fsp3) is 1.00. The summed E-state index contributed by atoms with van der Waals surface area (Å²) in [6, 6.07) is -0.480. The molecule has 1 saturated heterocycles. The predicted molar refractivity (Wildman–Crippen MR) is 51.0 cm³/mol. The van der Waals surface area contributed by atoms with Crippen LogP contribution in [-0.4, -0.2) is 57.0 Å². The molecular weight excluding hydrogens is 226 g/mol. The third kappa shape index (κ3) is 3.18. The first-order valence-electron chi connectivity index (χ1n) is 4.47. The topological polar surface area (TPSA) is 122 Å². The van der Waals surface area contributed by atoms with Crippen molar-refractivity contribution in [3.05, 3.63) is 0 Å². The van der Waals surface area contributed by atoms with Gasteiger partial charge in [0.15, 0.2) is 0 Å². The Morgan fingerprint density at radius 2 is 2.13 bits per heavy atom. The average Bonchev–Trinajstić information content (AvgIpc) is 2.18. The van der Waals surface area contributed by atoms with Crippen LogP contribution in [0.4, 0.5) is 0 Å². The van der Waals surface area contributed by atoms with Crippen LogP contribution in [0.3, 0.4) is 0 Å². The van der Waals surface area contributed by atoms with Crippen LogP contribution in [0.1, 0.15) is 0 Å². The van der Waals surface area contributed by atoms with E-state index in [4.69, 9.17) is 25.2 Å². The first-order valence-corrected chi connectivity index (χ1v) is 5.50. The van der Waals surface area contributed by atoms with Crippen molar-refractivity contribution < 1.29 is 27.9 Å². The van der Waals surface area contributed by atoms with Crippen LogP contribution in [0.5, 0.6) is 0 Å². The lowest BCUT2D eigenvalue weighted by Crippen LogP contribution is -2.56. The lowest BCUT2D eigenvalue weighted by molar-refractivity contribution is -0.127. The molecule has 3 unspecified atom stereocenters. The van der Waals surface area contributed by atoms with Crippen molar-refractivity contribution in [3.63, 3.8) is 0 Å². The van der Waals surface area contributed by atoms with Gasteiger partial charge < -0.3 is 20.7 Å². The zero-order valence-electron chi connectivity index (χ0n) is 7.98. The monoisotopic (exact) mass is 241 g/mol. The quantitative estimate of drug-likeness (QED) is 0.413. The molecule has 0 spiro atoms. The normalized spacial score (nSPS) is 38.9. The first kappa shape index (κ1) is 13.0. The van der Waals surface area contributed by atoms with Crippen LogP contribution < -0.4 is 5.73 Å². The minimum absolute atomic E-state index is 0.175. The molecular formula is C7H15NO6S. The van der Waals surface area contributed by atoms with Crippen molar-refractivity contribution in [1.82, 2.24) is 0 Å². The fourth-order valence-corrected chi connectivity index (χ4v) is 2.05. The summed E-state index contributed by atoms with van der Waals surface area (Å²) < 4.78 is 28.9. The lowest BCUT2D eigenvalue weighted by Gasteiger charge is -2.38. The van der Waals surface area contributed by atoms with Gasteiger partial charge in [0, 0.05) is 12.0 Å². The number of hydrogen-bond acceptors (Lipinski definition) is 6. The van der Waals surface area contributed by atoms with E-state index in [0.29, 0.717) is 0 Å². The molecule has 0 aromatic heterocycles. The van der Waals surface area contributed by atoms with Gasteiger partial charge in [-0.3, -0.25) is 8.74 Å². The molecule has 1 heterocycles. The third-order valence-corrected chi connectivity index (χ3v) is 2.81. The molecule has 5 atom stereocenters. The molecule has 0 aromatic carbocycles. The molecule has 5 N–H and O–H groups in total. The highest BCUT2D eigenvalue weighted by molar-refractivity contribution is 7.74. The zero-order valence-corrected chi connectivity index (χ0v) is 8.80. The lowest BCUT2D eigenvalue weighted by atomic mass is 9.89. The summed E-state index contributed by atoms with van der Waals surface area (Å²) in [6.45, 7) is -0.470. The molecule has 0 aromatic rings. The molecule has 1 rings (SSSR count). The standard InChI is InChI=1S/C7H15NO6S/c8-5-3-13-6(2-10)7(4(5)1-9)14-15(11)12/h4-7,9-10H,1-3,8H2,(H,11,12)/t4-,5?,6?,7-/m1/s1. The van der Waals surface area contributed by atoms with E-state index in [2.05, 4.69) is 4.18 Å². The van der Waals surface area contributed by atoms with Crippen LogP contribution in [0, 0.1) is 5.92 Å². The Labute approximate surface area is 89.7 Å². The average molecular weight is 241 g/mol. The summed E-state index contributed by atoms with van der Waals surface area (Å²) >= 11 is -2.48. The van der Waals surface area contributed by atoms with Crippen LogP contribution >= 0.6 is 0 Å². The Morgan fingerprint density at radius 3 is 2.60 bits per heavy atom. The second-order valence-corrected chi connectivity index (χ2v) is 3.97. The summed E-state index contributed by atoms with van der Waals surface area (Å²) in [5, 5.41) is 18.0. The van der Waals surface area contributed by atoms with Crippen molar-refractivity contribution in [3.8, 4) is 0 Å². The SMILES string of the molecule is NC1COC(CO)[C@H](OS(=O)O)[C@@H]1CO. The zero-order chi connectivity index (χ0) is 11.4. The Morgan fingerprint density at radius 1 is 1.47 bits per heavy atom. The molecule has 1 fully saturated rings. The van der Waals surface area contributed by atoms with Gasteiger partial charge in [0.05, 0.1) is 19.8 Å². The molecule has 90 valence electrons. The predicted octanol–water partition coefficient (Wildman–Crippen LogP) is -2.16. The molecule has 15 heavy (non-hydrogen) atoms. The van der Waals surface area contributed by atoms with E-state index in [1.54, 1.807) is 0 Å². The smallest absolute Gasteiger partial charge is 0.302 e. The highest BCUT2D eigenvalue weighted by Gasteiger charge is 2.40. The Kier molecular flexibility index (Phi) is 5.06. The summed E-state index contributed by atoms with van der Waals surface area (Å²) in [7, 11) is 0. The number of ether oxygens (including phenoxy) is 1. The van der Waals surface area contributed by atoms with Gasteiger partial charge in [-0.25, -0.2) is 0 Å². The van der Waals surface area contributed by atoms with E-state index in [-0.39, 0.29) is 19.8 Å². The summed E-state index contributed by atoms with van der Waals surface area (Å²) in [5.74, 6) is -0.521. The van der Waals surface area contributed by atoms with Gasteiger partial charge in [-0.05, 0) is 0 Å². The maximum Gasteiger partial charge on any atom is 0.302 e. The van der Waals surface area contributed by atoms with Crippen molar-refractivity contribution in [1.29, 1.82) is 0 Å². The highest BCUT2D eigenvalue weighted by atomic mass is 32.2. The highest BCUT2D eigenvalue weighted by Crippen LogP contribution is 2.23. The van der Waals surface area contributed by atoms with Crippen LogP contribution in [0.15, 0.2) is 0 Å². The van der Waals surface area contributed by atoms with Crippen molar-refractivity contribution in [2.45, 2.75) is 18.2 Å². The molecule has 0 bridgehead atoms. The number of aliphatic hydroxyl groups is 2. The molecule has 0 saturated carbocycles. The molecule has 0 aliphatic carbocycles. The fourth-order valence-electron chi connectivity index (χ4n) is 1.60. The molecule has 7 nitrogen and oxygen atoms in total. The second-order valence-electron chi connectivity index (χ2n) is 3.34. The van der Waals surface area contributed by atoms with Gasteiger partial charge in [0.1, 0.15) is 12.2 Å². The van der Waals surface area contributed by atoms with E-state index < -0.39 is 35.5 Å². The third-order valence-electron chi connectivity index (χ3n) is 2.43. The maximum absolute atomic E-state index is 10.5. The van der Waals surface area contributed by atoms with Gasteiger partial charge >= 0.3 is 11.4 Å². The molecule has 8 heteroatoms. The molecule has 1 aliphatic rings. The number of nitrogens with two attached hydrogens (primary N) is 1. The Bertz CT molecular complexity index is 228. The van der Waals surface area contributed by atoms with E-state index in [1.165, 1.54) is 0 Å². The van der Waals surface area contributed by atoms with Gasteiger partial charge in [-0.1, -0.05) is 0 Å². The first-order chi connectivity index (χ1) is 7.10. The van der Waals surface area contributed by atoms with Crippen molar-refractivity contribution in [2.24, 2.45) is 11.7 Å². The van der Waals surface area contributed by atoms with E-state index >= 15 is 0 Å². The van der Waals surface area contributed by atoms with Gasteiger partial charge in [-0.2, -0.15) is 4.21 Å². The van der Waals surface area contributed by atoms with E-state index in [0.717, 1.165) is 0 Å². The summed E-state index contributed by atoms with van der Waals surface area (Å²) in [4.78, 5) is 0. The van der Waals surface area contributed by atoms with Gasteiger partial charge in [0.2, 0.25) is 0 Å². The summed E-state index contributed by atoms with van der Waals surface area (Å²) in [6.07, 6.45) is -1.62. The van der Waals surface area contributed by atoms with E-state index in [1.807, 2.05) is 0 Å². The van der Waals surface area contributed by atoms with Crippen LogP contribution in [0.2, 0.25) is 0 Å². The van der Waals surface area contributed by atoms with Crippen molar-refractivity contribution >= 4 is 11.4 Å². The minimum Gasteiger partial charge on any atom is -0.396 e. The maximum atomic E-state index is 10.5. The molecule has 0 amide bonds. The van der Waals surface area contributed by atoms with Gasteiger partial charge in [-0.15, -0.1) is 0 Å². The van der Waals surface area contributed by atoms with Crippen LogP contribution in [-0.2, 0) is 20.3 Å². The second kappa shape index (κ2) is 5.85. The summed E-state index contributed by atoms with van der Waals surface area (Å²) in [5.41, 5.74) is 5.65. The molecule has 1 aliphatic heterocycles. The number of aliphatic hydroxyl groups excluding tert-OH is 2. The largest absolute Gasteiger partial charge is 0.396 e. The van der Waals surface area contributed by atoms with Crippen LogP contribution in [0.25, 0.3) is 0 Å². The van der Waals surface area contributed by atoms with E-state index in [9.17, 15) is 4.21 Å². The number of hydrogen-bond donors (Lipinski definition) is 4. The van der Waals surface area contributed by atoms with Crippen molar-refractivity contribution in [2.75, 3.05) is 19.8 Å².